The maximum absolute atomic E-state index is 2.58. The number of rotatable bonds is 2. The number of hydrogen-bond acceptors (Lipinski definition) is 0. The van der Waals surface area contributed by atoms with Crippen molar-refractivity contribution in [3.63, 3.8) is 0 Å². The van der Waals surface area contributed by atoms with E-state index in [0.29, 0.717) is 0 Å². The van der Waals surface area contributed by atoms with Crippen molar-refractivity contribution in [2.45, 2.75) is 57.3 Å². The van der Waals surface area contributed by atoms with E-state index < -0.39 is 0 Å². The molecular formula is C47H38. The van der Waals surface area contributed by atoms with Crippen LogP contribution in [0.15, 0.2) is 127 Å². The molecule has 0 heteroatoms. The van der Waals surface area contributed by atoms with Gasteiger partial charge in [0.1, 0.15) is 0 Å². The Balaban J connectivity index is 1.24. The summed E-state index contributed by atoms with van der Waals surface area (Å²) in [6, 6.07) is 49.1. The maximum atomic E-state index is 2.58. The molecule has 7 aromatic carbocycles. The third kappa shape index (κ3) is 3.59. The number of fused-ring (bicyclic) bond motifs is 10. The Morgan fingerprint density at radius 1 is 0.426 bits per heavy atom. The van der Waals surface area contributed by atoms with E-state index in [4.69, 9.17) is 0 Å². The Labute approximate surface area is 277 Å². The van der Waals surface area contributed by atoms with Crippen LogP contribution in [0.1, 0.15) is 67.3 Å². The average Bonchev–Trinajstić information content (AvgIpc) is 3.77. The Kier molecular flexibility index (Phi) is 5.53. The quantitative estimate of drug-likeness (QED) is 0.173. The summed E-state index contributed by atoms with van der Waals surface area (Å²) in [7, 11) is 0. The molecule has 47 heavy (non-hydrogen) atoms. The second-order valence-electron chi connectivity index (χ2n) is 14.9. The molecule has 0 aliphatic heterocycles. The van der Waals surface area contributed by atoms with Gasteiger partial charge in [-0.25, -0.2) is 0 Å². The smallest absolute Gasteiger partial charge is 0.0215 e. The van der Waals surface area contributed by atoms with Gasteiger partial charge in [0.25, 0.3) is 0 Å². The van der Waals surface area contributed by atoms with Crippen molar-refractivity contribution in [1.29, 1.82) is 0 Å². The van der Waals surface area contributed by atoms with Crippen LogP contribution < -0.4 is 0 Å². The van der Waals surface area contributed by atoms with Gasteiger partial charge in [-0.05, 0) is 120 Å². The van der Waals surface area contributed by atoms with E-state index in [-0.39, 0.29) is 10.8 Å². The van der Waals surface area contributed by atoms with E-state index in [1.807, 2.05) is 0 Å². The largest absolute Gasteiger partial charge is 0.0619 e. The summed E-state index contributed by atoms with van der Waals surface area (Å²) in [5.74, 6) is 0. The molecule has 1 spiro atoms. The van der Waals surface area contributed by atoms with E-state index in [1.165, 1.54) is 108 Å². The zero-order valence-corrected chi connectivity index (χ0v) is 27.5. The van der Waals surface area contributed by atoms with E-state index in [0.717, 1.165) is 0 Å². The van der Waals surface area contributed by atoms with Crippen LogP contribution in [0.4, 0.5) is 0 Å². The number of benzene rings is 7. The Morgan fingerprint density at radius 3 is 1.64 bits per heavy atom. The van der Waals surface area contributed by atoms with Gasteiger partial charge >= 0.3 is 0 Å². The Bertz CT molecular complexity index is 2450. The fourth-order valence-electron chi connectivity index (χ4n) is 9.90. The summed E-state index contributed by atoms with van der Waals surface area (Å²) in [5.41, 5.74) is 18.3. The number of hydrogen-bond donors (Lipinski definition) is 0. The van der Waals surface area contributed by atoms with Crippen LogP contribution in [-0.2, 0) is 10.8 Å². The highest BCUT2D eigenvalue weighted by Crippen LogP contribution is 2.58. The summed E-state index contributed by atoms with van der Waals surface area (Å²) >= 11 is 0. The Morgan fingerprint density at radius 2 is 0.936 bits per heavy atom. The molecule has 1 fully saturated rings. The standard InChI is InChI=1S/C47H38/c1-29-18-21-38-39(26-29)45(30-19-22-34-32-12-6-8-16-40(32)46(2,3)42(34)27-30)37-15-5-4-14-36(37)44(38)31-20-23-35-33-13-7-9-17-41(33)47(43(35)28-31)24-10-11-25-47/h4-9,12-23,26-28H,10-11,24-25H2,1-3H3. The van der Waals surface area contributed by atoms with Gasteiger partial charge in [-0.15, -0.1) is 0 Å². The van der Waals surface area contributed by atoms with E-state index in [1.54, 1.807) is 11.1 Å². The van der Waals surface area contributed by atoms with E-state index in [2.05, 4.69) is 148 Å². The van der Waals surface area contributed by atoms with Crippen molar-refractivity contribution in [2.24, 2.45) is 0 Å². The molecule has 7 aromatic rings. The summed E-state index contributed by atoms with van der Waals surface area (Å²) in [6.07, 6.45) is 5.11. The summed E-state index contributed by atoms with van der Waals surface area (Å²) < 4.78 is 0. The van der Waals surface area contributed by atoms with Crippen molar-refractivity contribution in [1.82, 2.24) is 0 Å². The third-order valence-electron chi connectivity index (χ3n) is 12.1. The molecule has 0 unspecified atom stereocenters. The zero-order chi connectivity index (χ0) is 31.5. The monoisotopic (exact) mass is 602 g/mol. The molecule has 0 atom stereocenters. The molecular weight excluding hydrogens is 565 g/mol. The fourth-order valence-corrected chi connectivity index (χ4v) is 9.90. The molecule has 3 aliphatic carbocycles. The molecule has 3 aliphatic rings. The van der Waals surface area contributed by atoms with Gasteiger partial charge in [0.15, 0.2) is 0 Å². The SMILES string of the molecule is Cc1ccc2c(-c3ccc4c(c3)C3(CCCC3)c3ccccc3-4)c3ccccc3c(-c3ccc4c(c3)C(C)(C)c3ccccc3-4)c2c1. The van der Waals surface area contributed by atoms with Crippen LogP contribution in [0.3, 0.4) is 0 Å². The molecule has 0 saturated heterocycles. The first-order valence-electron chi connectivity index (χ1n) is 17.4. The predicted molar refractivity (Wildman–Crippen MR) is 199 cm³/mol. The summed E-state index contributed by atoms with van der Waals surface area (Å²) in [5, 5.41) is 5.33. The van der Waals surface area contributed by atoms with Gasteiger partial charge in [-0.2, -0.15) is 0 Å². The molecule has 0 aromatic heterocycles. The highest BCUT2D eigenvalue weighted by molar-refractivity contribution is 6.21. The fraction of sp³-hybridized carbons (Fsp3) is 0.191. The average molecular weight is 603 g/mol. The lowest BCUT2D eigenvalue weighted by Gasteiger charge is -2.27. The second-order valence-corrected chi connectivity index (χ2v) is 14.9. The minimum Gasteiger partial charge on any atom is -0.0619 e. The molecule has 10 rings (SSSR count). The van der Waals surface area contributed by atoms with Gasteiger partial charge in [-0.3, -0.25) is 0 Å². The molecule has 0 N–H and O–H groups in total. The normalized spacial score (nSPS) is 16.4. The first-order chi connectivity index (χ1) is 23.0. The first kappa shape index (κ1) is 27.2. The van der Waals surface area contributed by atoms with Crippen molar-refractivity contribution >= 4 is 21.5 Å². The molecule has 0 nitrogen and oxygen atoms in total. The molecule has 1 saturated carbocycles. The summed E-state index contributed by atoms with van der Waals surface area (Å²) in [6.45, 7) is 7.00. The molecule has 0 heterocycles. The minimum absolute atomic E-state index is 0.0401. The maximum Gasteiger partial charge on any atom is 0.0215 e. The van der Waals surface area contributed by atoms with Crippen molar-refractivity contribution in [3.8, 4) is 44.5 Å². The van der Waals surface area contributed by atoms with Gasteiger partial charge in [0.2, 0.25) is 0 Å². The van der Waals surface area contributed by atoms with Crippen molar-refractivity contribution < 1.29 is 0 Å². The molecule has 0 bridgehead atoms. The van der Waals surface area contributed by atoms with Crippen molar-refractivity contribution in [2.75, 3.05) is 0 Å². The van der Waals surface area contributed by atoms with Crippen LogP contribution in [0.2, 0.25) is 0 Å². The lowest BCUT2D eigenvalue weighted by molar-refractivity contribution is 0.550. The lowest BCUT2D eigenvalue weighted by atomic mass is 9.76. The molecule has 0 radical (unpaired) electrons. The first-order valence-corrected chi connectivity index (χ1v) is 17.4. The Hall–Kier alpha value is -4.94. The van der Waals surface area contributed by atoms with Crippen LogP contribution in [0, 0.1) is 6.92 Å². The number of aryl methyl sites for hydroxylation is 1. The van der Waals surface area contributed by atoms with Gasteiger partial charge in [0.05, 0.1) is 0 Å². The van der Waals surface area contributed by atoms with Gasteiger partial charge in [-0.1, -0.05) is 148 Å². The topological polar surface area (TPSA) is 0 Å². The lowest BCUT2D eigenvalue weighted by Crippen LogP contribution is -2.20. The van der Waals surface area contributed by atoms with Crippen molar-refractivity contribution in [3.05, 3.63) is 155 Å². The summed E-state index contributed by atoms with van der Waals surface area (Å²) in [4.78, 5) is 0. The van der Waals surface area contributed by atoms with E-state index >= 15 is 0 Å². The zero-order valence-electron chi connectivity index (χ0n) is 27.5. The highest BCUT2D eigenvalue weighted by atomic mass is 14.5. The minimum atomic E-state index is -0.0401. The highest BCUT2D eigenvalue weighted by Gasteiger charge is 2.45. The predicted octanol–water partition coefficient (Wildman–Crippen LogP) is 12.8. The molecule has 0 amide bonds. The van der Waals surface area contributed by atoms with E-state index in [9.17, 15) is 0 Å². The van der Waals surface area contributed by atoms with Crippen LogP contribution in [-0.4, -0.2) is 0 Å². The van der Waals surface area contributed by atoms with Gasteiger partial charge < -0.3 is 0 Å². The van der Waals surface area contributed by atoms with Crippen LogP contribution in [0.25, 0.3) is 66.1 Å². The van der Waals surface area contributed by atoms with Crippen LogP contribution in [0.5, 0.6) is 0 Å². The second kappa shape index (κ2) is 9.55. The van der Waals surface area contributed by atoms with Gasteiger partial charge in [0, 0.05) is 10.8 Å². The third-order valence-corrected chi connectivity index (χ3v) is 12.1. The van der Waals surface area contributed by atoms with Crippen LogP contribution >= 0.6 is 0 Å². The molecule has 226 valence electrons.